The van der Waals surface area contributed by atoms with Gasteiger partial charge >= 0.3 is 5.97 Å². The summed E-state index contributed by atoms with van der Waals surface area (Å²) >= 11 is 2.02. The molecule has 0 aliphatic carbocycles. The van der Waals surface area contributed by atoms with E-state index in [0.717, 1.165) is 11.3 Å². The van der Waals surface area contributed by atoms with E-state index >= 15 is 0 Å². The Hall–Kier alpha value is -1.16. The van der Waals surface area contributed by atoms with Crippen LogP contribution in [0.3, 0.4) is 0 Å². The molecular weight excluding hydrogens is 272 g/mol. The van der Waals surface area contributed by atoms with Gasteiger partial charge in [-0.05, 0) is 53.9 Å². The molecule has 20 heavy (non-hydrogen) atoms. The lowest BCUT2D eigenvalue weighted by Gasteiger charge is -2.23. The largest absolute Gasteiger partial charge is 0.496 e. The van der Waals surface area contributed by atoms with E-state index in [4.69, 9.17) is 9.84 Å². The molecule has 1 aromatic rings. The first kappa shape index (κ1) is 15.2. The van der Waals surface area contributed by atoms with E-state index in [-0.39, 0.29) is 5.92 Å². The summed E-state index contributed by atoms with van der Waals surface area (Å²) in [6.45, 7) is 1.74. The first-order chi connectivity index (χ1) is 9.61. The molecule has 1 fully saturated rings. The number of aliphatic carboxylic acids is 1. The summed E-state index contributed by atoms with van der Waals surface area (Å²) in [7, 11) is 1.64. The number of benzene rings is 1. The van der Waals surface area contributed by atoms with Gasteiger partial charge in [0.1, 0.15) is 5.75 Å². The standard InChI is InChI=1S/C16H22O3S/c1-11(16(17)18)9-14-10-13(3-4-15(14)19-2)12-5-7-20-8-6-12/h3-4,10-12H,5-9H2,1-2H3,(H,17,18). The molecule has 1 aliphatic heterocycles. The lowest BCUT2D eigenvalue weighted by atomic mass is 9.90. The Kier molecular flexibility index (Phi) is 5.35. The van der Waals surface area contributed by atoms with Gasteiger partial charge in [0.05, 0.1) is 13.0 Å². The molecule has 1 aliphatic rings. The SMILES string of the molecule is COc1ccc(C2CCSCC2)cc1CC(C)C(=O)O. The number of carboxylic acid groups (broad SMARTS) is 1. The molecule has 1 heterocycles. The fourth-order valence-electron chi connectivity index (χ4n) is 2.66. The van der Waals surface area contributed by atoms with E-state index in [0.29, 0.717) is 12.3 Å². The van der Waals surface area contributed by atoms with Gasteiger partial charge in [0, 0.05) is 0 Å². The summed E-state index contributed by atoms with van der Waals surface area (Å²) in [5.74, 6) is 2.70. The number of hydrogen-bond acceptors (Lipinski definition) is 3. The number of carbonyl (C=O) groups is 1. The number of thioether (sulfide) groups is 1. The average molecular weight is 294 g/mol. The van der Waals surface area contributed by atoms with Gasteiger partial charge in [0.25, 0.3) is 0 Å². The highest BCUT2D eigenvalue weighted by Crippen LogP contribution is 2.34. The highest BCUT2D eigenvalue weighted by Gasteiger charge is 2.19. The molecule has 1 N–H and O–H groups in total. The number of rotatable bonds is 5. The van der Waals surface area contributed by atoms with E-state index in [1.165, 1.54) is 29.9 Å². The van der Waals surface area contributed by atoms with Crippen LogP contribution < -0.4 is 4.74 Å². The zero-order chi connectivity index (χ0) is 14.5. The minimum absolute atomic E-state index is 0.388. The van der Waals surface area contributed by atoms with E-state index in [1.807, 2.05) is 17.8 Å². The second-order valence-corrected chi connectivity index (χ2v) is 6.63. The van der Waals surface area contributed by atoms with Gasteiger partial charge in [0.15, 0.2) is 0 Å². The topological polar surface area (TPSA) is 46.5 Å². The lowest BCUT2D eigenvalue weighted by molar-refractivity contribution is -0.141. The van der Waals surface area contributed by atoms with Gasteiger partial charge in [-0.3, -0.25) is 4.79 Å². The van der Waals surface area contributed by atoms with Crippen molar-refractivity contribution in [1.29, 1.82) is 0 Å². The van der Waals surface area contributed by atoms with Crippen molar-refractivity contribution in [3.8, 4) is 5.75 Å². The van der Waals surface area contributed by atoms with Crippen LogP contribution in [0, 0.1) is 5.92 Å². The monoisotopic (exact) mass is 294 g/mol. The van der Waals surface area contributed by atoms with Gasteiger partial charge in [-0.2, -0.15) is 11.8 Å². The summed E-state index contributed by atoms with van der Waals surface area (Å²) in [6.07, 6.45) is 2.95. The first-order valence-corrected chi connectivity index (χ1v) is 8.24. The third kappa shape index (κ3) is 3.69. The number of ether oxygens (including phenoxy) is 1. The molecular formula is C16H22O3S. The Morgan fingerprint density at radius 3 is 2.75 bits per heavy atom. The fraction of sp³-hybridized carbons (Fsp3) is 0.562. The Labute approximate surface area is 124 Å². The maximum absolute atomic E-state index is 11.0. The minimum Gasteiger partial charge on any atom is -0.496 e. The van der Waals surface area contributed by atoms with Crippen molar-refractivity contribution in [2.24, 2.45) is 5.92 Å². The van der Waals surface area contributed by atoms with Gasteiger partial charge in [0.2, 0.25) is 0 Å². The molecule has 2 rings (SSSR count). The normalized spacial score (nSPS) is 17.7. The van der Waals surface area contributed by atoms with Crippen molar-refractivity contribution >= 4 is 17.7 Å². The highest BCUT2D eigenvalue weighted by molar-refractivity contribution is 7.99. The quantitative estimate of drug-likeness (QED) is 0.902. The lowest BCUT2D eigenvalue weighted by Crippen LogP contribution is -2.14. The minimum atomic E-state index is -0.758. The molecule has 0 aromatic heterocycles. The van der Waals surface area contributed by atoms with Gasteiger partial charge in [-0.15, -0.1) is 0 Å². The van der Waals surface area contributed by atoms with Crippen LogP contribution in [-0.2, 0) is 11.2 Å². The van der Waals surface area contributed by atoms with Gasteiger partial charge in [-0.1, -0.05) is 19.1 Å². The Morgan fingerprint density at radius 2 is 2.15 bits per heavy atom. The molecule has 110 valence electrons. The van der Waals surface area contributed by atoms with Crippen LogP contribution in [0.15, 0.2) is 18.2 Å². The second-order valence-electron chi connectivity index (χ2n) is 5.40. The molecule has 1 aromatic carbocycles. The summed E-state index contributed by atoms with van der Waals surface area (Å²) in [6, 6.07) is 6.27. The molecule has 1 atom stereocenters. The van der Waals surface area contributed by atoms with Crippen LogP contribution in [0.2, 0.25) is 0 Å². The third-order valence-corrected chi connectivity index (χ3v) is 4.99. The zero-order valence-electron chi connectivity index (χ0n) is 12.1. The van der Waals surface area contributed by atoms with E-state index in [1.54, 1.807) is 14.0 Å². The third-order valence-electron chi connectivity index (χ3n) is 3.94. The predicted molar refractivity (Wildman–Crippen MR) is 82.8 cm³/mol. The molecule has 1 saturated heterocycles. The van der Waals surface area contributed by atoms with Crippen LogP contribution in [0.1, 0.15) is 36.8 Å². The van der Waals surface area contributed by atoms with Crippen molar-refractivity contribution < 1.29 is 14.6 Å². The van der Waals surface area contributed by atoms with Crippen LogP contribution in [0.5, 0.6) is 5.75 Å². The van der Waals surface area contributed by atoms with Crippen molar-refractivity contribution in [3.05, 3.63) is 29.3 Å². The Balaban J connectivity index is 2.21. The van der Waals surface area contributed by atoms with Gasteiger partial charge < -0.3 is 9.84 Å². The first-order valence-electron chi connectivity index (χ1n) is 7.09. The van der Waals surface area contributed by atoms with Crippen LogP contribution in [0.4, 0.5) is 0 Å². The summed E-state index contributed by atoms with van der Waals surface area (Å²) < 4.78 is 5.37. The molecule has 0 amide bonds. The van der Waals surface area contributed by atoms with Crippen LogP contribution in [0.25, 0.3) is 0 Å². The molecule has 0 radical (unpaired) electrons. The number of carboxylic acids is 1. The number of hydrogen-bond donors (Lipinski definition) is 1. The van der Waals surface area contributed by atoms with Crippen LogP contribution >= 0.6 is 11.8 Å². The summed E-state index contributed by atoms with van der Waals surface area (Å²) in [4.78, 5) is 11.0. The summed E-state index contributed by atoms with van der Waals surface area (Å²) in [5.41, 5.74) is 2.34. The predicted octanol–water partition coefficient (Wildman–Crippen LogP) is 3.57. The molecule has 0 spiro atoms. The molecule has 3 nitrogen and oxygen atoms in total. The Morgan fingerprint density at radius 1 is 1.45 bits per heavy atom. The number of methoxy groups -OCH3 is 1. The molecule has 0 bridgehead atoms. The second kappa shape index (κ2) is 7.02. The molecule has 1 unspecified atom stereocenters. The van der Waals surface area contributed by atoms with E-state index < -0.39 is 5.97 Å². The van der Waals surface area contributed by atoms with Crippen molar-refractivity contribution in [3.63, 3.8) is 0 Å². The average Bonchev–Trinajstić information content (AvgIpc) is 2.48. The smallest absolute Gasteiger partial charge is 0.306 e. The Bertz CT molecular complexity index is 467. The summed E-state index contributed by atoms with van der Waals surface area (Å²) in [5, 5.41) is 9.08. The maximum Gasteiger partial charge on any atom is 0.306 e. The van der Waals surface area contributed by atoms with Crippen molar-refractivity contribution in [2.75, 3.05) is 18.6 Å². The highest BCUT2D eigenvalue weighted by atomic mass is 32.2. The fourth-order valence-corrected chi connectivity index (χ4v) is 3.77. The van der Waals surface area contributed by atoms with E-state index in [9.17, 15) is 4.79 Å². The van der Waals surface area contributed by atoms with Crippen LogP contribution in [-0.4, -0.2) is 29.7 Å². The molecule has 4 heteroatoms. The maximum atomic E-state index is 11.0. The van der Waals surface area contributed by atoms with Crippen molar-refractivity contribution in [1.82, 2.24) is 0 Å². The van der Waals surface area contributed by atoms with Crippen molar-refractivity contribution in [2.45, 2.75) is 32.1 Å². The van der Waals surface area contributed by atoms with E-state index in [2.05, 4.69) is 12.1 Å². The van der Waals surface area contributed by atoms with Gasteiger partial charge in [-0.25, -0.2) is 0 Å². The molecule has 0 saturated carbocycles. The zero-order valence-corrected chi connectivity index (χ0v) is 12.9.